The monoisotopic (exact) mass is 724 g/mol. The molecule has 3 aromatic carbocycles. The molecule has 0 bridgehead atoms. The summed E-state index contributed by atoms with van der Waals surface area (Å²) in [6.45, 7) is 14.9. The Kier molecular flexibility index (Phi) is 17.0. The van der Waals surface area contributed by atoms with Crippen molar-refractivity contribution in [3.63, 3.8) is 0 Å². The Morgan fingerprint density at radius 2 is 0.925 bits per heavy atom. The normalized spacial score (nSPS) is 16.1. The minimum Gasteiger partial charge on any atom is -0.494 e. The molecule has 6 heteroatoms. The summed E-state index contributed by atoms with van der Waals surface area (Å²) in [5.41, 5.74) is 6.54. The van der Waals surface area contributed by atoms with E-state index >= 15 is 0 Å². The fourth-order valence-electron chi connectivity index (χ4n) is 6.56. The van der Waals surface area contributed by atoms with Gasteiger partial charge < -0.3 is 28.4 Å². The molecule has 288 valence electrons. The van der Waals surface area contributed by atoms with Crippen molar-refractivity contribution >= 4 is 24.3 Å². The smallest absolute Gasteiger partial charge is 0.119 e. The van der Waals surface area contributed by atoms with Crippen molar-refractivity contribution < 1.29 is 28.4 Å². The van der Waals surface area contributed by atoms with Gasteiger partial charge in [0.15, 0.2) is 0 Å². The van der Waals surface area contributed by atoms with Crippen LogP contribution in [0.25, 0.3) is 24.3 Å². The summed E-state index contributed by atoms with van der Waals surface area (Å²) in [5.74, 6) is 1.85. The van der Waals surface area contributed by atoms with E-state index in [1.54, 1.807) is 0 Å². The molecule has 0 unspecified atom stereocenters. The van der Waals surface area contributed by atoms with Gasteiger partial charge >= 0.3 is 0 Å². The second kappa shape index (κ2) is 22.1. The zero-order valence-electron chi connectivity index (χ0n) is 32.8. The Bertz CT molecular complexity index is 1510. The fourth-order valence-corrected chi connectivity index (χ4v) is 6.56. The number of aryl methyl sites for hydroxylation is 1. The Morgan fingerprint density at radius 1 is 0.509 bits per heavy atom. The van der Waals surface area contributed by atoms with E-state index in [9.17, 15) is 0 Å². The summed E-state index contributed by atoms with van der Waals surface area (Å²) in [4.78, 5) is 0. The summed E-state index contributed by atoms with van der Waals surface area (Å²) in [5, 5.41) is 0. The molecule has 2 saturated heterocycles. The Morgan fingerprint density at radius 3 is 1.34 bits per heavy atom. The van der Waals surface area contributed by atoms with E-state index in [1.807, 2.05) is 0 Å². The fraction of sp³-hybridized carbons (Fsp3) is 0.532. The lowest BCUT2D eigenvalue weighted by molar-refractivity contribution is -0.150. The molecule has 2 fully saturated rings. The third-order valence-electron chi connectivity index (χ3n) is 10.8. The zero-order valence-corrected chi connectivity index (χ0v) is 32.8. The standard InChI is InChI=1S/C47H64O6/c1-4-46(35-50-36-46)33-48-28-10-6-8-12-30-52-44-24-18-40(19-25-44)14-15-42-17-23-43(39(3)32-42)22-16-41-20-26-45(27-21-41)53-31-13-9-7-11-29-49-34-47(5-2)37-51-38-47/h14-27,32H,4-13,28-31,33-38H2,1-3H3/b15-14+,22-16+. The van der Waals surface area contributed by atoms with Crippen LogP contribution in [0.15, 0.2) is 66.7 Å². The van der Waals surface area contributed by atoms with Gasteiger partial charge in [0.2, 0.25) is 0 Å². The molecule has 0 N–H and O–H groups in total. The topological polar surface area (TPSA) is 55.4 Å². The molecular formula is C47H64O6. The van der Waals surface area contributed by atoms with Crippen molar-refractivity contribution in [2.75, 3.05) is 66.1 Å². The van der Waals surface area contributed by atoms with Crippen molar-refractivity contribution in [3.8, 4) is 11.5 Å². The average molecular weight is 725 g/mol. The Labute approximate surface area is 319 Å². The first-order valence-corrected chi connectivity index (χ1v) is 20.2. The number of benzene rings is 3. The summed E-state index contributed by atoms with van der Waals surface area (Å²) >= 11 is 0. The van der Waals surface area contributed by atoms with Gasteiger partial charge in [-0.2, -0.15) is 0 Å². The first kappa shape index (κ1) is 40.8. The number of hydrogen-bond acceptors (Lipinski definition) is 6. The van der Waals surface area contributed by atoms with Gasteiger partial charge in [-0.25, -0.2) is 0 Å². The van der Waals surface area contributed by atoms with E-state index < -0.39 is 0 Å². The van der Waals surface area contributed by atoms with E-state index in [1.165, 1.54) is 29.5 Å². The van der Waals surface area contributed by atoms with Crippen LogP contribution >= 0.6 is 0 Å². The zero-order chi connectivity index (χ0) is 37.0. The summed E-state index contributed by atoms with van der Waals surface area (Å²) in [7, 11) is 0. The molecular weight excluding hydrogens is 661 g/mol. The summed E-state index contributed by atoms with van der Waals surface area (Å²) < 4.78 is 34.5. The van der Waals surface area contributed by atoms with Crippen molar-refractivity contribution in [1.82, 2.24) is 0 Å². The van der Waals surface area contributed by atoms with Gasteiger partial charge in [-0.3, -0.25) is 0 Å². The predicted molar refractivity (Wildman–Crippen MR) is 219 cm³/mol. The minimum absolute atomic E-state index is 0.287. The van der Waals surface area contributed by atoms with Crippen LogP contribution in [0, 0.1) is 17.8 Å². The molecule has 3 aromatic rings. The predicted octanol–water partition coefficient (Wildman–Crippen LogP) is 11.1. The largest absolute Gasteiger partial charge is 0.494 e. The maximum absolute atomic E-state index is 5.99. The highest BCUT2D eigenvalue weighted by molar-refractivity contribution is 5.74. The van der Waals surface area contributed by atoms with E-state index in [2.05, 4.69) is 112 Å². The molecule has 2 aliphatic rings. The van der Waals surface area contributed by atoms with E-state index in [-0.39, 0.29) is 10.8 Å². The molecule has 0 aliphatic carbocycles. The summed E-state index contributed by atoms with van der Waals surface area (Å²) in [6, 6.07) is 23.3. The Hall–Kier alpha value is -3.42. The second-order valence-electron chi connectivity index (χ2n) is 15.2. The molecule has 0 atom stereocenters. The van der Waals surface area contributed by atoms with E-state index in [0.29, 0.717) is 0 Å². The molecule has 0 amide bonds. The first-order chi connectivity index (χ1) is 26.0. The van der Waals surface area contributed by atoms with Gasteiger partial charge in [0.1, 0.15) is 11.5 Å². The Balaban J connectivity index is 0.916. The molecule has 2 aliphatic heterocycles. The lowest BCUT2D eigenvalue weighted by Crippen LogP contribution is -2.45. The van der Waals surface area contributed by atoms with Gasteiger partial charge in [0, 0.05) is 24.0 Å². The van der Waals surface area contributed by atoms with Gasteiger partial charge in [0.25, 0.3) is 0 Å². The SMILES string of the molecule is CCC1(COCCCCCCOc2ccc(/C=C/c3ccc(/C=C/c4ccc(OCCCCCCOCC5(CC)COC5)cc4)c(C)c3)cc2)COC1. The summed E-state index contributed by atoms with van der Waals surface area (Å²) in [6.07, 6.45) is 20.0. The molecule has 53 heavy (non-hydrogen) atoms. The van der Waals surface area contributed by atoms with Gasteiger partial charge in [0.05, 0.1) is 52.9 Å². The number of ether oxygens (including phenoxy) is 6. The molecule has 0 radical (unpaired) electrons. The van der Waals surface area contributed by atoms with Gasteiger partial charge in [-0.05, 0) is 110 Å². The van der Waals surface area contributed by atoms with Crippen molar-refractivity contribution in [2.24, 2.45) is 10.8 Å². The van der Waals surface area contributed by atoms with Crippen LogP contribution in [-0.2, 0) is 18.9 Å². The number of unbranched alkanes of at least 4 members (excludes halogenated alkanes) is 6. The van der Waals surface area contributed by atoms with Crippen LogP contribution in [-0.4, -0.2) is 66.1 Å². The van der Waals surface area contributed by atoms with Crippen LogP contribution in [0.5, 0.6) is 11.5 Å². The molecule has 0 spiro atoms. The van der Waals surface area contributed by atoms with Crippen LogP contribution in [0.4, 0.5) is 0 Å². The number of rotatable bonds is 26. The molecule has 0 saturated carbocycles. The van der Waals surface area contributed by atoms with E-state index in [4.69, 9.17) is 28.4 Å². The van der Waals surface area contributed by atoms with Gasteiger partial charge in [-0.1, -0.05) is 93.5 Å². The highest BCUT2D eigenvalue weighted by Gasteiger charge is 2.37. The van der Waals surface area contributed by atoms with Crippen LogP contribution in [0.2, 0.25) is 0 Å². The van der Waals surface area contributed by atoms with Crippen LogP contribution < -0.4 is 9.47 Å². The quantitative estimate of drug-likeness (QED) is 0.0607. The van der Waals surface area contributed by atoms with Crippen LogP contribution in [0.3, 0.4) is 0 Å². The highest BCUT2D eigenvalue weighted by Crippen LogP contribution is 2.32. The lowest BCUT2D eigenvalue weighted by atomic mass is 9.84. The molecule has 0 aromatic heterocycles. The van der Waals surface area contributed by atoms with Crippen LogP contribution in [0.1, 0.15) is 106 Å². The van der Waals surface area contributed by atoms with Gasteiger partial charge in [-0.15, -0.1) is 0 Å². The van der Waals surface area contributed by atoms with E-state index in [0.717, 1.165) is 140 Å². The van der Waals surface area contributed by atoms with Crippen molar-refractivity contribution in [3.05, 3.63) is 94.5 Å². The lowest BCUT2D eigenvalue weighted by Gasteiger charge is -2.40. The highest BCUT2D eigenvalue weighted by atomic mass is 16.5. The number of hydrogen-bond donors (Lipinski definition) is 0. The third kappa shape index (κ3) is 13.7. The van der Waals surface area contributed by atoms with Crippen molar-refractivity contribution in [1.29, 1.82) is 0 Å². The first-order valence-electron chi connectivity index (χ1n) is 20.2. The molecule has 2 heterocycles. The minimum atomic E-state index is 0.287. The maximum atomic E-state index is 5.99. The maximum Gasteiger partial charge on any atom is 0.119 e. The third-order valence-corrected chi connectivity index (χ3v) is 10.8. The van der Waals surface area contributed by atoms with Crippen molar-refractivity contribution in [2.45, 2.75) is 85.0 Å². The molecule has 6 nitrogen and oxygen atoms in total. The molecule has 5 rings (SSSR count). The second-order valence-corrected chi connectivity index (χ2v) is 15.2. The average Bonchev–Trinajstić information content (AvgIpc) is 3.15.